The summed E-state index contributed by atoms with van der Waals surface area (Å²) in [6, 6.07) is 5.84. The molecule has 1 aliphatic heterocycles. The third-order valence-electron chi connectivity index (χ3n) is 4.73. The van der Waals surface area contributed by atoms with Crippen LogP contribution in [0.2, 0.25) is 0 Å². The molecule has 0 spiro atoms. The van der Waals surface area contributed by atoms with Crippen LogP contribution in [0.25, 0.3) is 0 Å². The predicted molar refractivity (Wildman–Crippen MR) is 121 cm³/mol. The zero-order valence-corrected chi connectivity index (χ0v) is 19.8. The number of halogens is 1. The number of hydrogen-bond donors (Lipinski definition) is 1. The van der Waals surface area contributed by atoms with Gasteiger partial charge in [-0.2, -0.15) is 10.2 Å². The molecule has 30 heavy (non-hydrogen) atoms. The number of hydrogen-bond acceptors (Lipinski definition) is 8. The SMILES string of the molecule is CC(C)CN(NC(=O)c1ccc(CN2CCN(C)CC2)s1)c1nc(C#N)ncc1Br. The largest absolute Gasteiger partial charge is 0.304 e. The van der Waals surface area contributed by atoms with Crippen molar-refractivity contribution in [3.63, 3.8) is 0 Å². The third kappa shape index (κ3) is 5.98. The van der Waals surface area contributed by atoms with Crippen molar-refractivity contribution in [1.29, 1.82) is 5.26 Å². The number of likely N-dealkylation sites (N-methyl/N-ethyl adjacent to an activating group) is 1. The minimum absolute atomic E-state index is 0.0572. The van der Waals surface area contributed by atoms with Gasteiger partial charge in [-0.25, -0.2) is 4.98 Å². The first kappa shape index (κ1) is 22.6. The van der Waals surface area contributed by atoms with E-state index in [0.29, 0.717) is 21.7 Å². The van der Waals surface area contributed by atoms with E-state index >= 15 is 0 Å². The Balaban J connectivity index is 1.70. The summed E-state index contributed by atoms with van der Waals surface area (Å²) in [5.74, 6) is 0.614. The lowest BCUT2D eigenvalue weighted by atomic mass is 10.2. The van der Waals surface area contributed by atoms with Gasteiger partial charge < -0.3 is 4.90 Å². The smallest absolute Gasteiger partial charge is 0.279 e. The first-order valence-corrected chi connectivity index (χ1v) is 11.5. The molecule has 0 bridgehead atoms. The maximum absolute atomic E-state index is 12.9. The quantitative estimate of drug-likeness (QED) is 0.595. The summed E-state index contributed by atoms with van der Waals surface area (Å²) in [5, 5.41) is 10.8. The number of nitrogens with zero attached hydrogens (tertiary/aromatic N) is 6. The van der Waals surface area contributed by atoms with E-state index in [1.165, 1.54) is 22.4 Å². The van der Waals surface area contributed by atoms with E-state index in [1.54, 1.807) is 5.01 Å². The molecular formula is C20H26BrN7OS. The molecule has 8 nitrogen and oxygen atoms in total. The van der Waals surface area contributed by atoms with E-state index in [9.17, 15) is 4.79 Å². The molecule has 2 aromatic heterocycles. The second kappa shape index (κ2) is 10.3. The van der Waals surface area contributed by atoms with Gasteiger partial charge in [-0.05, 0) is 41.0 Å². The highest BCUT2D eigenvalue weighted by molar-refractivity contribution is 9.10. The fourth-order valence-electron chi connectivity index (χ4n) is 3.14. The molecule has 1 amide bonds. The molecule has 0 aromatic carbocycles. The topological polar surface area (TPSA) is 88.4 Å². The molecule has 0 atom stereocenters. The summed E-state index contributed by atoms with van der Waals surface area (Å²) in [6.45, 7) is 9.75. The number of hydrazine groups is 1. The number of piperazine rings is 1. The Morgan fingerprint density at radius 1 is 1.37 bits per heavy atom. The van der Waals surface area contributed by atoms with Crippen LogP contribution in [-0.4, -0.2) is 65.4 Å². The van der Waals surface area contributed by atoms with Gasteiger partial charge in [0.25, 0.3) is 5.91 Å². The van der Waals surface area contributed by atoms with Crippen LogP contribution in [0.5, 0.6) is 0 Å². The summed E-state index contributed by atoms with van der Waals surface area (Å²) >= 11 is 4.94. The number of carbonyl (C=O) groups is 1. The van der Waals surface area contributed by atoms with Crippen LogP contribution in [0.3, 0.4) is 0 Å². The summed E-state index contributed by atoms with van der Waals surface area (Å²) < 4.78 is 0.615. The fourth-order valence-corrected chi connectivity index (χ4v) is 4.49. The van der Waals surface area contributed by atoms with Crippen LogP contribution in [0.1, 0.15) is 34.2 Å². The van der Waals surface area contributed by atoms with Crippen LogP contribution in [0.4, 0.5) is 5.82 Å². The van der Waals surface area contributed by atoms with Gasteiger partial charge >= 0.3 is 0 Å². The molecule has 0 unspecified atom stereocenters. The van der Waals surface area contributed by atoms with Crippen LogP contribution in [-0.2, 0) is 6.54 Å². The number of amides is 1. The van der Waals surface area contributed by atoms with Gasteiger partial charge in [-0.1, -0.05) is 13.8 Å². The minimum Gasteiger partial charge on any atom is -0.304 e. The third-order valence-corrected chi connectivity index (χ3v) is 6.35. The summed E-state index contributed by atoms with van der Waals surface area (Å²) in [4.78, 5) is 27.7. The highest BCUT2D eigenvalue weighted by atomic mass is 79.9. The first-order chi connectivity index (χ1) is 14.4. The number of thiophene rings is 1. The monoisotopic (exact) mass is 491 g/mol. The maximum Gasteiger partial charge on any atom is 0.279 e. The van der Waals surface area contributed by atoms with Crippen LogP contribution >= 0.6 is 27.3 Å². The van der Waals surface area contributed by atoms with Crippen molar-refractivity contribution >= 4 is 39.0 Å². The molecule has 3 heterocycles. The number of aromatic nitrogens is 2. The van der Waals surface area contributed by atoms with Crippen molar-refractivity contribution in [1.82, 2.24) is 25.2 Å². The lowest BCUT2D eigenvalue weighted by molar-refractivity contribution is 0.0951. The van der Waals surface area contributed by atoms with E-state index in [1.807, 2.05) is 18.2 Å². The zero-order chi connectivity index (χ0) is 21.7. The number of nitrogens with one attached hydrogen (secondary N) is 1. The molecule has 10 heteroatoms. The van der Waals surface area contributed by atoms with Crippen LogP contribution in [0.15, 0.2) is 22.8 Å². The van der Waals surface area contributed by atoms with Crippen molar-refractivity contribution in [2.24, 2.45) is 5.92 Å². The highest BCUT2D eigenvalue weighted by Gasteiger charge is 2.20. The standard InChI is InChI=1S/C20H26BrN7OS/c1-14(2)12-28(19-16(21)11-23-18(10-22)24-19)25-20(29)17-5-4-15(30-17)13-27-8-6-26(3)7-9-27/h4-5,11,14H,6-9,12-13H2,1-3H3,(H,25,29). The van der Waals surface area contributed by atoms with E-state index < -0.39 is 0 Å². The second-order valence-electron chi connectivity index (χ2n) is 7.77. The van der Waals surface area contributed by atoms with Gasteiger partial charge in [0.2, 0.25) is 5.82 Å². The van der Waals surface area contributed by atoms with Crippen molar-refractivity contribution in [3.05, 3.63) is 38.4 Å². The summed E-state index contributed by atoms with van der Waals surface area (Å²) in [5.41, 5.74) is 2.95. The van der Waals surface area contributed by atoms with Gasteiger partial charge in [0, 0.05) is 50.3 Å². The van der Waals surface area contributed by atoms with E-state index in [-0.39, 0.29) is 17.6 Å². The molecule has 3 rings (SSSR count). The lowest BCUT2D eigenvalue weighted by Gasteiger charge is -2.31. The highest BCUT2D eigenvalue weighted by Crippen LogP contribution is 2.24. The average molecular weight is 492 g/mol. The fraction of sp³-hybridized carbons (Fsp3) is 0.500. The average Bonchev–Trinajstić information content (AvgIpc) is 3.18. The Morgan fingerprint density at radius 3 is 2.77 bits per heavy atom. The van der Waals surface area contributed by atoms with Gasteiger partial charge in [-0.15, -0.1) is 11.3 Å². The number of anilines is 1. The molecule has 160 valence electrons. The lowest BCUT2D eigenvalue weighted by Crippen LogP contribution is -2.45. The molecule has 1 aliphatic rings. The molecular weight excluding hydrogens is 466 g/mol. The normalized spacial score (nSPS) is 15.2. The molecule has 1 fully saturated rings. The second-order valence-corrected chi connectivity index (χ2v) is 9.79. The van der Waals surface area contributed by atoms with Crippen LogP contribution < -0.4 is 10.4 Å². The van der Waals surface area contributed by atoms with Gasteiger partial charge in [0.1, 0.15) is 6.07 Å². The van der Waals surface area contributed by atoms with Crippen molar-refractivity contribution < 1.29 is 4.79 Å². The number of rotatable bonds is 7. The predicted octanol–water partition coefficient (Wildman–Crippen LogP) is 2.73. The summed E-state index contributed by atoms with van der Waals surface area (Å²) in [7, 11) is 2.14. The number of carbonyl (C=O) groups excluding carboxylic acids is 1. The van der Waals surface area contributed by atoms with Gasteiger partial charge in [0.15, 0.2) is 5.82 Å². The summed E-state index contributed by atoms with van der Waals surface area (Å²) in [6.07, 6.45) is 1.53. The Bertz CT molecular complexity index is 918. The van der Waals surface area contributed by atoms with Gasteiger partial charge in [0.05, 0.1) is 9.35 Å². The van der Waals surface area contributed by atoms with Crippen molar-refractivity contribution in [3.8, 4) is 6.07 Å². The minimum atomic E-state index is -0.186. The Morgan fingerprint density at radius 2 is 2.10 bits per heavy atom. The molecule has 0 radical (unpaired) electrons. The maximum atomic E-state index is 12.9. The van der Waals surface area contributed by atoms with Gasteiger partial charge in [-0.3, -0.25) is 20.1 Å². The van der Waals surface area contributed by atoms with Crippen molar-refractivity contribution in [2.75, 3.05) is 44.8 Å². The Labute approximate surface area is 189 Å². The molecule has 0 saturated carbocycles. The Kier molecular flexibility index (Phi) is 7.77. The van der Waals surface area contributed by atoms with Crippen molar-refractivity contribution in [2.45, 2.75) is 20.4 Å². The Hall–Kier alpha value is -2.06. The molecule has 0 aliphatic carbocycles. The zero-order valence-electron chi connectivity index (χ0n) is 17.4. The molecule has 1 N–H and O–H groups in total. The molecule has 2 aromatic rings. The van der Waals surface area contributed by atoms with E-state index in [2.05, 4.69) is 62.0 Å². The van der Waals surface area contributed by atoms with E-state index in [4.69, 9.17) is 5.26 Å². The first-order valence-electron chi connectivity index (χ1n) is 9.86. The van der Waals surface area contributed by atoms with E-state index in [0.717, 1.165) is 32.7 Å². The number of nitriles is 1. The van der Waals surface area contributed by atoms with Crippen LogP contribution in [0, 0.1) is 17.2 Å². The molecule has 1 saturated heterocycles.